The maximum atomic E-state index is 13.6. The van der Waals surface area contributed by atoms with Gasteiger partial charge in [-0.25, -0.2) is 9.18 Å². The molecule has 0 radical (unpaired) electrons. The Kier molecular flexibility index (Phi) is 3.88. The number of nitrogens with zero attached hydrogens (tertiary/aromatic N) is 1. The number of oxazole rings is 1. The molecule has 2 aromatic rings. The molecule has 0 bridgehead atoms. The first kappa shape index (κ1) is 13.9. The number of esters is 1. The number of hydrogen-bond acceptors (Lipinski definition) is 6. The van der Waals surface area contributed by atoms with Gasteiger partial charge < -0.3 is 19.6 Å². The van der Waals surface area contributed by atoms with Crippen LogP contribution < -0.4 is 10.5 Å². The SMILES string of the molecule is CCOC(=O)c1nc(-c2ccc(OC)c(F)c2)oc1N. The van der Waals surface area contributed by atoms with E-state index in [-0.39, 0.29) is 29.8 Å². The number of hydrogen-bond donors (Lipinski definition) is 1. The van der Waals surface area contributed by atoms with Gasteiger partial charge in [-0.1, -0.05) is 0 Å². The Bertz CT molecular complexity index is 639. The summed E-state index contributed by atoms with van der Waals surface area (Å²) in [6.45, 7) is 1.85. The number of carbonyl (C=O) groups excluding carboxylic acids is 1. The lowest BCUT2D eigenvalue weighted by Gasteiger charge is -2.02. The van der Waals surface area contributed by atoms with Gasteiger partial charge in [-0.15, -0.1) is 0 Å². The van der Waals surface area contributed by atoms with Crippen LogP contribution in [0, 0.1) is 5.82 Å². The number of anilines is 1. The lowest BCUT2D eigenvalue weighted by atomic mass is 10.2. The lowest BCUT2D eigenvalue weighted by Crippen LogP contribution is -2.07. The average molecular weight is 280 g/mol. The van der Waals surface area contributed by atoms with E-state index in [9.17, 15) is 9.18 Å². The molecule has 0 aliphatic carbocycles. The van der Waals surface area contributed by atoms with Crippen LogP contribution in [0.1, 0.15) is 17.4 Å². The van der Waals surface area contributed by atoms with Gasteiger partial charge in [0.05, 0.1) is 13.7 Å². The second-order valence-electron chi connectivity index (χ2n) is 3.80. The molecule has 7 heteroatoms. The zero-order chi connectivity index (χ0) is 14.7. The molecule has 2 N–H and O–H groups in total. The van der Waals surface area contributed by atoms with Gasteiger partial charge in [0.1, 0.15) is 0 Å². The monoisotopic (exact) mass is 280 g/mol. The zero-order valence-corrected chi connectivity index (χ0v) is 11.0. The predicted octanol–water partition coefficient (Wildman–Crippen LogP) is 2.25. The molecule has 0 unspecified atom stereocenters. The standard InChI is InChI=1S/C13H13FN2O4/c1-3-19-13(17)10-11(15)20-12(16-10)7-4-5-9(18-2)8(14)6-7/h4-6H,3,15H2,1-2H3. The van der Waals surface area contributed by atoms with Crippen LogP contribution >= 0.6 is 0 Å². The molecule has 6 nitrogen and oxygen atoms in total. The molecule has 106 valence electrons. The van der Waals surface area contributed by atoms with Crippen molar-refractivity contribution in [3.8, 4) is 17.2 Å². The van der Waals surface area contributed by atoms with Gasteiger partial charge in [0.25, 0.3) is 0 Å². The first-order chi connectivity index (χ1) is 9.56. The summed E-state index contributed by atoms with van der Waals surface area (Å²) in [7, 11) is 1.36. The van der Waals surface area contributed by atoms with Crippen LogP contribution in [0.15, 0.2) is 22.6 Å². The molecule has 0 aliphatic rings. The molecule has 0 spiro atoms. The highest BCUT2D eigenvalue weighted by atomic mass is 19.1. The van der Waals surface area contributed by atoms with Gasteiger partial charge in [-0.3, -0.25) is 0 Å². The first-order valence-electron chi connectivity index (χ1n) is 5.84. The number of ether oxygens (including phenoxy) is 2. The molecule has 0 saturated carbocycles. The van der Waals surface area contributed by atoms with Gasteiger partial charge in [0.2, 0.25) is 17.5 Å². The summed E-state index contributed by atoms with van der Waals surface area (Å²) in [6.07, 6.45) is 0. The summed E-state index contributed by atoms with van der Waals surface area (Å²) in [6, 6.07) is 4.15. The minimum atomic E-state index is -0.686. The summed E-state index contributed by atoms with van der Waals surface area (Å²) >= 11 is 0. The van der Waals surface area contributed by atoms with Gasteiger partial charge in [0.15, 0.2) is 11.6 Å². The minimum absolute atomic E-state index is 0.0344. The first-order valence-corrected chi connectivity index (χ1v) is 5.84. The van der Waals surface area contributed by atoms with Crippen molar-refractivity contribution in [1.82, 2.24) is 4.98 Å². The smallest absolute Gasteiger partial charge is 0.362 e. The fourth-order valence-electron chi connectivity index (χ4n) is 1.60. The Morgan fingerprint density at radius 1 is 1.50 bits per heavy atom. The Morgan fingerprint density at radius 3 is 2.85 bits per heavy atom. The summed E-state index contributed by atoms with van der Waals surface area (Å²) < 4.78 is 28.4. The second-order valence-corrected chi connectivity index (χ2v) is 3.80. The van der Waals surface area contributed by atoms with Gasteiger partial charge >= 0.3 is 5.97 Å². The summed E-state index contributed by atoms with van der Waals surface area (Å²) in [5, 5.41) is 0. The number of aromatic nitrogens is 1. The van der Waals surface area contributed by atoms with Crippen molar-refractivity contribution in [1.29, 1.82) is 0 Å². The number of halogens is 1. The van der Waals surface area contributed by atoms with Crippen molar-refractivity contribution in [2.45, 2.75) is 6.92 Å². The van der Waals surface area contributed by atoms with Crippen molar-refractivity contribution in [2.24, 2.45) is 0 Å². The van der Waals surface area contributed by atoms with E-state index in [1.54, 1.807) is 13.0 Å². The van der Waals surface area contributed by atoms with E-state index in [1.807, 2.05) is 0 Å². The highest BCUT2D eigenvalue weighted by Crippen LogP contribution is 2.27. The van der Waals surface area contributed by atoms with Crippen molar-refractivity contribution in [3.63, 3.8) is 0 Å². The van der Waals surface area contributed by atoms with E-state index in [0.29, 0.717) is 5.56 Å². The number of carbonyl (C=O) groups is 1. The molecular formula is C13H13FN2O4. The van der Waals surface area contributed by atoms with Crippen LogP contribution in [-0.4, -0.2) is 24.7 Å². The predicted molar refractivity (Wildman–Crippen MR) is 68.8 cm³/mol. The number of nitrogens with two attached hydrogens (primary N) is 1. The Balaban J connectivity index is 2.37. The molecule has 1 aromatic heterocycles. The lowest BCUT2D eigenvalue weighted by molar-refractivity contribution is 0.0521. The van der Waals surface area contributed by atoms with E-state index in [4.69, 9.17) is 19.6 Å². The molecule has 1 heterocycles. The van der Waals surface area contributed by atoms with Crippen LogP contribution in [0.3, 0.4) is 0 Å². The molecular weight excluding hydrogens is 267 g/mol. The molecule has 0 fully saturated rings. The van der Waals surface area contributed by atoms with E-state index < -0.39 is 11.8 Å². The van der Waals surface area contributed by atoms with Gasteiger partial charge in [-0.2, -0.15) is 4.98 Å². The largest absolute Gasteiger partial charge is 0.494 e. The minimum Gasteiger partial charge on any atom is -0.494 e. The third kappa shape index (κ3) is 2.56. The Morgan fingerprint density at radius 2 is 2.25 bits per heavy atom. The van der Waals surface area contributed by atoms with E-state index >= 15 is 0 Å². The Labute approximate surface area is 114 Å². The average Bonchev–Trinajstić information content (AvgIpc) is 2.81. The normalized spacial score (nSPS) is 10.3. The van der Waals surface area contributed by atoms with Crippen molar-refractivity contribution < 1.29 is 23.1 Å². The third-order valence-corrected chi connectivity index (χ3v) is 2.52. The molecule has 20 heavy (non-hydrogen) atoms. The van der Waals surface area contributed by atoms with Crippen molar-refractivity contribution >= 4 is 11.9 Å². The molecule has 0 amide bonds. The quantitative estimate of drug-likeness (QED) is 0.864. The van der Waals surface area contributed by atoms with Gasteiger partial charge in [-0.05, 0) is 25.1 Å². The topological polar surface area (TPSA) is 87.6 Å². The highest BCUT2D eigenvalue weighted by molar-refractivity contribution is 5.92. The van der Waals surface area contributed by atoms with Crippen LogP contribution in [0.25, 0.3) is 11.5 Å². The number of nitrogen functional groups attached to an aromatic ring is 1. The number of benzene rings is 1. The molecule has 0 saturated heterocycles. The fourth-order valence-corrected chi connectivity index (χ4v) is 1.60. The van der Waals surface area contributed by atoms with Crippen molar-refractivity contribution in [2.75, 3.05) is 19.5 Å². The number of rotatable bonds is 4. The third-order valence-electron chi connectivity index (χ3n) is 2.52. The maximum Gasteiger partial charge on any atom is 0.362 e. The summed E-state index contributed by atoms with van der Waals surface area (Å²) in [4.78, 5) is 15.5. The summed E-state index contributed by atoms with van der Waals surface area (Å²) in [5.41, 5.74) is 5.77. The second kappa shape index (κ2) is 5.60. The molecule has 1 aromatic carbocycles. The van der Waals surface area contributed by atoms with Crippen LogP contribution in [0.2, 0.25) is 0 Å². The van der Waals surface area contributed by atoms with E-state index in [0.717, 1.165) is 0 Å². The van der Waals surface area contributed by atoms with Crippen LogP contribution in [-0.2, 0) is 4.74 Å². The summed E-state index contributed by atoms with van der Waals surface area (Å²) in [5.74, 6) is -1.30. The number of methoxy groups -OCH3 is 1. The molecule has 0 atom stereocenters. The fraction of sp³-hybridized carbons (Fsp3) is 0.231. The highest BCUT2D eigenvalue weighted by Gasteiger charge is 2.20. The van der Waals surface area contributed by atoms with E-state index in [2.05, 4.69) is 4.98 Å². The molecule has 0 aliphatic heterocycles. The maximum absolute atomic E-state index is 13.6. The van der Waals surface area contributed by atoms with Crippen LogP contribution in [0.4, 0.5) is 10.3 Å². The zero-order valence-electron chi connectivity index (χ0n) is 11.0. The molecule has 2 rings (SSSR count). The Hall–Kier alpha value is -2.57. The van der Waals surface area contributed by atoms with Crippen LogP contribution in [0.5, 0.6) is 5.75 Å². The van der Waals surface area contributed by atoms with Crippen molar-refractivity contribution in [3.05, 3.63) is 29.7 Å². The van der Waals surface area contributed by atoms with Gasteiger partial charge in [0, 0.05) is 5.56 Å². The van der Waals surface area contributed by atoms with E-state index in [1.165, 1.54) is 19.2 Å².